The van der Waals surface area contributed by atoms with Crippen molar-refractivity contribution in [3.63, 3.8) is 0 Å². The highest BCUT2D eigenvalue weighted by molar-refractivity contribution is 5.87. The molecule has 0 saturated carbocycles. The van der Waals surface area contributed by atoms with E-state index < -0.39 is 0 Å². The van der Waals surface area contributed by atoms with Crippen molar-refractivity contribution in [3.05, 3.63) is 17.0 Å². The summed E-state index contributed by atoms with van der Waals surface area (Å²) >= 11 is 0. The van der Waals surface area contributed by atoms with E-state index in [1.165, 1.54) is 5.56 Å². The molecular formula is C13H18N6. The van der Waals surface area contributed by atoms with E-state index >= 15 is 0 Å². The highest BCUT2D eigenvalue weighted by Crippen LogP contribution is 2.34. The van der Waals surface area contributed by atoms with E-state index in [4.69, 9.17) is 16.4 Å². The molecule has 4 N–H and O–H groups in total. The van der Waals surface area contributed by atoms with Gasteiger partial charge in [-0.1, -0.05) is 0 Å². The predicted octanol–water partition coefficient (Wildman–Crippen LogP) is 1.81. The molecule has 6 nitrogen and oxygen atoms in total. The number of guanidine groups is 1. The number of hydrogen-bond donors (Lipinski definition) is 3. The van der Waals surface area contributed by atoms with Crippen LogP contribution in [0.1, 0.15) is 48.6 Å². The van der Waals surface area contributed by atoms with Gasteiger partial charge in [0.25, 0.3) is 0 Å². The third kappa shape index (κ3) is 2.99. The van der Waals surface area contributed by atoms with Crippen molar-refractivity contribution in [1.82, 2.24) is 9.97 Å². The van der Waals surface area contributed by atoms with Crippen LogP contribution in [0.15, 0.2) is 0 Å². The number of aromatic nitrogens is 2. The second-order valence-electron chi connectivity index (χ2n) is 4.82. The summed E-state index contributed by atoms with van der Waals surface area (Å²) in [6.07, 6.45) is 4.55. The van der Waals surface area contributed by atoms with E-state index in [9.17, 15) is 0 Å². The average Bonchev–Trinajstić information content (AvgIpc) is 2.36. The Morgan fingerprint density at radius 3 is 3.05 bits per heavy atom. The SMILES string of the molecule is Cc1nc(NC(=N)N)nc2c1CCCC2CCC#N. The van der Waals surface area contributed by atoms with Gasteiger partial charge in [-0.25, -0.2) is 9.97 Å². The maximum atomic E-state index is 8.73. The lowest BCUT2D eigenvalue weighted by atomic mass is 9.83. The van der Waals surface area contributed by atoms with E-state index in [-0.39, 0.29) is 5.96 Å². The lowest BCUT2D eigenvalue weighted by Gasteiger charge is -2.25. The number of hydrogen-bond acceptors (Lipinski definition) is 4. The first-order valence-corrected chi connectivity index (χ1v) is 6.47. The maximum absolute atomic E-state index is 8.73. The summed E-state index contributed by atoms with van der Waals surface area (Å²) in [5.41, 5.74) is 8.48. The molecule has 1 aliphatic rings. The molecule has 0 aromatic carbocycles. The fraction of sp³-hybridized carbons (Fsp3) is 0.538. The minimum atomic E-state index is -0.163. The second kappa shape index (κ2) is 5.65. The molecule has 0 radical (unpaired) electrons. The zero-order valence-corrected chi connectivity index (χ0v) is 11.0. The minimum Gasteiger partial charge on any atom is -0.370 e. The summed E-state index contributed by atoms with van der Waals surface area (Å²) in [5, 5.41) is 18.6. The summed E-state index contributed by atoms with van der Waals surface area (Å²) in [5.74, 6) is 0.536. The van der Waals surface area contributed by atoms with E-state index in [2.05, 4.69) is 21.4 Å². The van der Waals surface area contributed by atoms with Crippen LogP contribution in [0.3, 0.4) is 0 Å². The third-order valence-corrected chi connectivity index (χ3v) is 3.46. The Morgan fingerprint density at radius 2 is 2.37 bits per heavy atom. The molecule has 0 spiro atoms. The monoisotopic (exact) mass is 258 g/mol. The van der Waals surface area contributed by atoms with Crippen LogP contribution >= 0.6 is 0 Å². The van der Waals surface area contributed by atoms with Crippen LogP contribution in [0.2, 0.25) is 0 Å². The molecule has 0 bridgehead atoms. The van der Waals surface area contributed by atoms with Gasteiger partial charge in [0, 0.05) is 18.0 Å². The molecule has 0 fully saturated rings. The van der Waals surface area contributed by atoms with Crippen molar-refractivity contribution < 1.29 is 0 Å². The van der Waals surface area contributed by atoms with Gasteiger partial charge in [0.05, 0.1) is 11.8 Å². The lowest BCUT2D eigenvalue weighted by Crippen LogP contribution is -2.24. The van der Waals surface area contributed by atoms with Gasteiger partial charge in [-0.05, 0) is 38.2 Å². The Balaban J connectivity index is 2.34. The first kappa shape index (κ1) is 13.3. The van der Waals surface area contributed by atoms with Crippen molar-refractivity contribution in [2.45, 2.75) is 44.9 Å². The van der Waals surface area contributed by atoms with Crippen molar-refractivity contribution in [3.8, 4) is 6.07 Å². The van der Waals surface area contributed by atoms with Crippen LogP contribution < -0.4 is 11.1 Å². The van der Waals surface area contributed by atoms with Crippen LogP contribution in [0.25, 0.3) is 0 Å². The van der Waals surface area contributed by atoms with Gasteiger partial charge in [-0.15, -0.1) is 0 Å². The molecule has 0 aliphatic heterocycles. The second-order valence-corrected chi connectivity index (χ2v) is 4.82. The molecule has 1 heterocycles. The maximum Gasteiger partial charge on any atom is 0.229 e. The third-order valence-electron chi connectivity index (χ3n) is 3.46. The molecule has 2 rings (SSSR count). The van der Waals surface area contributed by atoms with Gasteiger partial charge in [0.2, 0.25) is 5.95 Å². The van der Waals surface area contributed by atoms with E-state index in [1.807, 2.05) is 6.92 Å². The van der Waals surface area contributed by atoms with Gasteiger partial charge >= 0.3 is 0 Å². The van der Waals surface area contributed by atoms with Gasteiger partial charge in [-0.3, -0.25) is 10.7 Å². The fourth-order valence-electron chi connectivity index (χ4n) is 2.62. The molecule has 6 heteroatoms. The van der Waals surface area contributed by atoms with Crippen molar-refractivity contribution in [1.29, 1.82) is 10.7 Å². The average molecular weight is 258 g/mol. The minimum absolute atomic E-state index is 0.163. The van der Waals surface area contributed by atoms with Crippen LogP contribution in [0, 0.1) is 23.7 Å². The van der Waals surface area contributed by atoms with E-state index in [1.54, 1.807) is 0 Å². The number of nitrogens with one attached hydrogen (secondary N) is 2. The smallest absolute Gasteiger partial charge is 0.229 e. The summed E-state index contributed by atoms with van der Waals surface area (Å²) in [4.78, 5) is 8.83. The van der Waals surface area contributed by atoms with Crippen LogP contribution in [0.5, 0.6) is 0 Å². The van der Waals surface area contributed by atoms with Gasteiger partial charge in [0.1, 0.15) is 0 Å². The molecule has 1 atom stereocenters. The molecular weight excluding hydrogens is 240 g/mol. The first-order chi connectivity index (χ1) is 9.11. The Morgan fingerprint density at radius 1 is 1.58 bits per heavy atom. The molecule has 1 aliphatic carbocycles. The number of fused-ring (bicyclic) bond motifs is 1. The molecule has 0 amide bonds. The molecule has 1 unspecified atom stereocenters. The Hall–Kier alpha value is -2.16. The van der Waals surface area contributed by atoms with Crippen molar-refractivity contribution >= 4 is 11.9 Å². The number of rotatable bonds is 3. The predicted molar refractivity (Wildman–Crippen MR) is 72.8 cm³/mol. The first-order valence-electron chi connectivity index (χ1n) is 6.47. The Labute approximate surface area is 112 Å². The normalized spacial score (nSPS) is 17.4. The number of nitrogens with two attached hydrogens (primary N) is 1. The molecule has 100 valence electrons. The Bertz CT molecular complexity index is 531. The highest BCUT2D eigenvalue weighted by atomic mass is 15.2. The zero-order chi connectivity index (χ0) is 13.8. The van der Waals surface area contributed by atoms with Gasteiger partial charge in [-0.2, -0.15) is 5.26 Å². The molecule has 19 heavy (non-hydrogen) atoms. The topological polar surface area (TPSA) is 111 Å². The lowest BCUT2D eigenvalue weighted by molar-refractivity contribution is 0.508. The zero-order valence-electron chi connectivity index (χ0n) is 11.0. The molecule has 0 saturated heterocycles. The van der Waals surface area contributed by atoms with Crippen LogP contribution in [-0.4, -0.2) is 15.9 Å². The van der Waals surface area contributed by atoms with Crippen LogP contribution in [-0.2, 0) is 6.42 Å². The summed E-state index contributed by atoms with van der Waals surface area (Å²) in [7, 11) is 0. The van der Waals surface area contributed by atoms with Crippen LogP contribution in [0.4, 0.5) is 5.95 Å². The van der Waals surface area contributed by atoms with E-state index in [0.29, 0.717) is 18.3 Å². The molecule has 1 aromatic rings. The number of nitriles is 1. The largest absolute Gasteiger partial charge is 0.370 e. The number of nitrogens with zero attached hydrogens (tertiary/aromatic N) is 3. The highest BCUT2D eigenvalue weighted by Gasteiger charge is 2.24. The summed E-state index contributed by atoms with van der Waals surface area (Å²) < 4.78 is 0. The number of aryl methyl sites for hydroxylation is 1. The standard InChI is InChI=1S/C13H18N6/c1-8-10-6-2-4-9(5-3-7-14)11(10)18-13(17-8)19-12(15)16/h9H,2-6H2,1H3,(H4,15,16,17,18,19). The fourth-order valence-corrected chi connectivity index (χ4v) is 2.62. The van der Waals surface area contributed by atoms with Gasteiger partial charge < -0.3 is 5.73 Å². The van der Waals surface area contributed by atoms with Gasteiger partial charge in [0.15, 0.2) is 5.96 Å². The summed E-state index contributed by atoms with van der Waals surface area (Å²) in [6.45, 7) is 1.96. The molecule has 1 aromatic heterocycles. The van der Waals surface area contributed by atoms with Crippen molar-refractivity contribution in [2.75, 3.05) is 5.32 Å². The number of anilines is 1. The summed E-state index contributed by atoms with van der Waals surface area (Å²) in [6, 6.07) is 2.19. The van der Waals surface area contributed by atoms with E-state index in [0.717, 1.165) is 37.1 Å². The van der Waals surface area contributed by atoms with Crippen molar-refractivity contribution in [2.24, 2.45) is 5.73 Å². The quantitative estimate of drug-likeness (QED) is 0.565. The Kier molecular flexibility index (Phi) is 3.95.